The van der Waals surface area contributed by atoms with E-state index >= 15 is 0 Å². The number of aromatic nitrogens is 4. The summed E-state index contributed by atoms with van der Waals surface area (Å²) in [6.07, 6.45) is 0.626. The quantitative estimate of drug-likeness (QED) is 0.420. The van der Waals surface area contributed by atoms with Gasteiger partial charge in [-0.25, -0.2) is 0 Å². The Morgan fingerprint density at radius 2 is 1.87 bits per heavy atom. The first-order chi connectivity index (χ1) is 14.7. The lowest BCUT2D eigenvalue weighted by molar-refractivity contribution is -0.116. The maximum atomic E-state index is 12.1. The van der Waals surface area contributed by atoms with Gasteiger partial charge < -0.3 is 14.3 Å². The molecule has 1 amide bonds. The molecule has 0 aliphatic rings. The number of hydrogen-bond acceptors (Lipinski definition) is 8. The zero-order valence-electron chi connectivity index (χ0n) is 16.2. The van der Waals surface area contributed by atoms with Crippen LogP contribution < -0.4 is 5.32 Å². The summed E-state index contributed by atoms with van der Waals surface area (Å²) in [5.74, 6) is 1.72. The molecule has 0 saturated heterocycles. The Labute approximate surface area is 177 Å². The summed E-state index contributed by atoms with van der Waals surface area (Å²) < 4.78 is 10.9. The molecule has 0 fully saturated rings. The predicted octanol–water partition coefficient (Wildman–Crippen LogP) is 4.29. The van der Waals surface area contributed by atoms with E-state index in [1.165, 1.54) is 11.8 Å². The Bertz CT molecular complexity index is 1130. The third-order valence-electron chi connectivity index (χ3n) is 4.25. The molecule has 1 N–H and O–H groups in total. The van der Waals surface area contributed by atoms with Crippen molar-refractivity contribution in [2.45, 2.75) is 30.7 Å². The molecular formula is C21H19N5O3S. The van der Waals surface area contributed by atoms with E-state index in [2.05, 4.69) is 25.7 Å². The molecular weight excluding hydrogens is 402 g/mol. The summed E-state index contributed by atoms with van der Waals surface area (Å²) in [7, 11) is 0. The smallest absolute Gasteiger partial charge is 0.277 e. The highest BCUT2D eigenvalue weighted by Gasteiger charge is 2.13. The number of benzene rings is 2. The zero-order chi connectivity index (χ0) is 20.8. The van der Waals surface area contributed by atoms with E-state index in [9.17, 15) is 4.79 Å². The summed E-state index contributed by atoms with van der Waals surface area (Å²) in [5, 5.41) is 15.3. The number of anilines is 1. The van der Waals surface area contributed by atoms with Crippen LogP contribution in [0.2, 0.25) is 0 Å². The first-order valence-electron chi connectivity index (χ1n) is 9.36. The lowest BCUT2D eigenvalue weighted by atomic mass is 10.2. The molecule has 0 atom stereocenters. The molecule has 0 radical (unpaired) electrons. The normalized spacial score (nSPS) is 10.8. The SMILES string of the molecule is Cc1ccccc1NC(=O)CCc1nc(CSc2nnc(-c3ccccc3)o2)no1. The fourth-order valence-electron chi connectivity index (χ4n) is 2.69. The van der Waals surface area contributed by atoms with Gasteiger partial charge in [0, 0.05) is 24.1 Å². The molecule has 2 aromatic heterocycles. The van der Waals surface area contributed by atoms with Gasteiger partial charge in [-0.1, -0.05) is 53.3 Å². The first-order valence-corrected chi connectivity index (χ1v) is 10.3. The van der Waals surface area contributed by atoms with Gasteiger partial charge in [0.1, 0.15) is 0 Å². The molecule has 0 aliphatic heterocycles. The molecule has 9 heteroatoms. The minimum absolute atomic E-state index is 0.0993. The monoisotopic (exact) mass is 421 g/mol. The molecule has 4 rings (SSSR count). The molecule has 4 aromatic rings. The largest absolute Gasteiger partial charge is 0.411 e. The van der Waals surface area contributed by atoms with Gasteiger partial charge in [-0.2, -0.15) is 4.98 Å². The number of thioether (sulfide) groups is 1. The number of aryl methyl sites for hydroxylation is 2. The third kappa shape index (κ3) is 5.12. The van der Waals surface area contributed by atoms with Crippen LogP contribution in [0.15, 0.2) is 68.8 Å². The summed E-state index contributed by atoms with van der Waals surface area (Å²) >= 11 is 1.33. The van der Waals surface area contributed by atoms with E-state index in [1.54, 1.807) is 0 Å². The summed E-state index contributed by atoms with van der Waals surface area (Å²) in [6, 6.07) is 17.2. The second kappa shape index (κ2) is 9.36. The number of nitrogens with one attached hydrogen (secondary N) is 1. The van der Waals surface area contributed by atoms with Gasteiger partial charge in [0.25, 0.3) is 5.22 Å². The van der Waals surface area contributed by atoms with E-state index in [-0.39, 0.29) is 12.3 Å². The number of carbonyl (C=O) groups excluding carboxylic acids is 1. The maximum absolute atomic E-state index is 12.1. The van der Waals surface area contributed by atoms with Gasteiger partial charge >= 0.3 is 0 Å². The summed E-state index contributed by atoms with van der Waals surface area (Å²) in [4.78, 5) is 16.5. The van der Waals surface area contributed by atoms with E-state index in [1.807, 2.05) is 61.5 Å². The summed E-state index contributed by atoms with van der Waals surface area (Å²) in [5.41, 5.74) is 2.68. The van der Waals surface area contributed by atoms with E-state index in [0.29, 0.717) is 35.0 Å². The van der Waals surface area contributed by atoms with Crippen LogP contribution in [0.25, 0.3) is 11.5 Å². The first kappa shape index (κ1) is 19.8. The zero-order valence-corrected chi connectivity index (χ0v) is 17.1. The van der Waals surface area contributed by atoms with Crippen molar-refractivity contribution < 1.29 is 13.7 Å². The number of nitrogens with zero attached hydrogens (tertiary/aromatic N) is 4. The lowest BCUT2D eigenvalue weighted by Crippen LogP contribution is -2.13. The highest BCUT2D eigenvalue weighted by atomic mass is 32.2. The molecule has 0 saturated carbocycles. The molecule has 8 nitrogen and oxygen atoms in total. The second-order valence-corrected chi connectivity index (χ2v) is 7.42. The average molecular weight is 421 g/mol. The number of carbonyl (C=O) groups is 1. The Hall–Kier alpha value is -3.46. The molecule has 2 heterocycles. The maximum Gasteiger partial charge on any atom is 0.277 e. The van der Waals surface area contributed by atoms with Crippen molar-refractivity contribution in [3.05, 3.63) is 71.9 Å². The van der Waals surface area contributed by atoms with Crippen molar-refractivity contribution in [2.24, 2.45) is 0 Å². The van der Waals surface area contributed by atoms with Crippen molar-refractivity contribution in [1.82, 2.24) is 20.3 Å². The van der Waals surface area contributed by atoms with Crippen molar-refractivity contribution in [2.75, 3.05) is 5.32 Å². The van der Waals surface area contributed by atoms with Crippen LogP contribution in [0.5, 0.6) is 0 Å². The molecule has 152 valence electrons. The van der Waals surface area contributed by atoms with E-state index < -0.39 is 0 Å². The van der Waals surface area contributed by atoms with Crippen molar-refractivity contribution in [3.8, 4) is 11.5 Å². The van der Waals surface area contributed by atoms with Crippen molar-refractivity contribution in [1.29, 1.82) is 0 Å². The average Bonchev–Trinajstić information content (AvgIpc) is 3.43. The van der Waals surface area contributed by atoms with Gasteiger partial charge in [0.2, 0.25) is 17.7 Å². The molecule has 2 aromatic carbocycles. The van der Waals surface area contributed by atoms with Crippen LogP contribution in [0.1, 0.15) is 23.7 Å². The van der Waals surface area contributed by atoms with Crippen LogP contribution in [-0.2, 0) is 17.0 Å². The Balaban J connectivity index is 1.26. The Morgan fingerprint density at radius 3 is 2.70 bits per heavy atom. The van der Waals surface area contributed by atoms with Gasteiger partial charge in [-0.3, -0.25) is 4.79 Å². The molecule has 0 unspecified atom stereocenters. The van der Waals surface area contributed by atoms with Crippen LogP contribution in [0.3, 0.4) is 0 Å². The minimum Gasteiger partial charge on any atom is -0.411 e. The number of rotatable bonds is 8. The van der Waals surface area contributed by atoms with Crippen LogP contribution in [-0.4, -0.2) is 26.2 Å². The van der Waals surface area contributed by atoms with Crippen LogP contribution in [0, 0.1) is 6.92 Å². The fraction of sp³-hybridized carbons (Fsp3) is 0.190. The van der Waals surface area contributed by atoms with Crippen LogP contribution in [0.4, 0.5) is 5.69 Å². The Morgan fingerprint density at radius 1 is 1.07 bits per heavy atom. The number of para-hydroxylation sites is 1. The minimum atomic E-state index is -0.0993. The van der Waals surface area contributed by atoms with Gasteiger partial charge in [-0.15, -0.1) is 10.2 Å². The highest BCUT2D eigenvalue weighted by Crippen LogP contribution is 2.25. The Kier molecular flexibility index (Phi) is 6.19. The van der Waals surface area contributed by atoms with Crippen molar-refractivity contribution in [3.63, 3.8) is 0 Å². The number of amides is 1. The van der Waals surface area contributed by atoms with Gasteiger partial charge in [0.15, 0.2) is 5.82 Å². The van der Waals surface area contributed by atoms with Crippen molar-refractivity contribution >= 4 is 23.4 Å². The van der Waals surface area contributed by atoms with Gasteiger partial charge in [-0.05, 0) is 30.7 Å². The summed E-state index contributed by atoms with van der Waals surface area (Å²) in [6.45, 7) is 1.95. The second-order valence-electron chi connectivity index (χ2n) is 6.50. The molecule has 0 aliphatic carbocycles. The standard InChI is InChI=1S/C21H19N5O3S/c1-14-7-5-6-10-16(14)22-18(27)11-12-19-23-17(26-29-19)13-30-21-25-24-20(28-21)15-8-3-2-4-9-15/h2-10H,11-13H2,1H3,(H,22,27). The van der Waals surface area contributed by atoms with E-state index in [4.69, 9.17) is 8.94 Å². The molecule has 0 bridgehead atoms. The molecule has 0 spiro atoms. The van der Waals surface area contributed by atoms with E-state index in [0.717, 1.165) is 16.8 Å². The van der Waals surface area contributed by atoms with Crippen LogP contribution >= 0.6 is 11.8 Å². The fourth-order valence-corrected chi connectivity index (χ4v) is 3.29. The predicted molar refractivity (Wildman–Crippen MR) is 112 cm³/mol. The highest BCUT2D eigenvalue weighted by molar-refractivity contribution is 7.98. The van der Waals surface area contributed by atoms with Gasteiger partial charge in [0.05, 0.1) is 5.75 Å². The third-order valence-corrected chi connectivity index (χ3v) is 5.06. The topological polar surface area (TPSA) is 107 Å². The number of hydrogen-bond donors (Lipinski definition) is 1. The molecule has 30 heavy (non-hydrogen) atoms. The lowest BCUT2D eigenvalue weighted by Gasteiger charge is -2.06.